The number of hydrogen-bond acceptors (Lipinski definition) is 5. The predicted molar refractivity (Wildman–Crippen MR) is 107 cm³/mol. The zero-order valence-corrected chi connectivity index (χ0v) is 16.9. The average molecular weight is 404 g/mol. The highest BCUT2D eigenvalue weighted by molar-refractivity contribution is 7.91. The first-order valence-corrected chi connectivity index (χ1v) is 10.8. The van der Waals surface area contributed by atoms with Crippen molar-refractivity contribution in [1.29, 1.82) is 0 Å². The van der Waals surface area contributed by atoms with Gasteiger partial charge in [-0.05, 0) is 43.7 Å². The normalized spacial score (nSPS) is 11.2. The van der Waals surface area contributed by atoms with E-state index in [1.165, 1.54) is 24.3 Å². The van der Waals surface area contributed by atoms with Gasteiger partial charge in [0.25, 0.3) is 5.91 Å². The van der Waals surface area contributed by atoms with Crippen LogP contribution in [0.15, 0.2) is 53.4 Å². The molecule has 0 aliphatic heterocycles. The number of Topliss-reactive ketones (excluding diaryl/α,β-unsaturated/α-hetero) is 1. The SMILES string of the molecule is CCN(CC)C(=O)c1ccccc1S(=O)(=O)CCC(=O)Cc1ccc(O)cc1. The summed E-state index contributed by atoms with van der Waals surface area (Å²) in [5.74, 6) is -0.804. The number of nitrogens with zero attached hydrogens (tertiary/aromatic N) is 1. The molecule has 2 aromatic carbocycles. The van der Waals surface area contributed by atoms with Crippen molar-refractivity contribution in [3.63, 3.8) is 0 Å². The molecule has 0 atom stereocenters. The minimum absolute atomic E-state index is 0.0377. The zero-order chi connectivity index (χ0) is 20.7. The van der Waals surface area contributed by atoms with Crippen LogP contribution in [-0.4, -0.2) is 49.0 Å². The largest absolute Gasteiger partial charge is 0.508 e. The fourth-order valence-corrected chi connectivity index (χ4v) is 4.38. The van der Waals surface area contributed by atoms with Crippen molar-refractivity contribution in [2.24, 2.45) is 0 Å². The van der Waals surface area contributed by atoms with Crippen LogP contribution in [0.4, 0.5) is 0 Å². The first kappa shape index (κ1) is 21.6. The van der Waals surface area contributed by atoms with Gasteiger partial charge in [0, 0.05) is 25.9 Å². The standard InChI is InChI=1S/C21H25NO5S/c1-3-22(4-2)21(25)19-7-5-6-8-20(19)28(26,27)14-13-18(24)15-16-9-11-17(23)12-10-16/h5-12,23H,3-4,13-15H2,1-2H3. The minimum Gasteiger partial charge on any atom is -0.508 e. The molecule has 2 aromatic rings. The van der Waals surface area contributed by atoms with Crippen molar-refractivity contribution in [2.45, 2.75) is 31.6 Å². The number of carbonyl (C=O) groups excluding carboxylic acids is 2. The second-order valence-corrected chi connectivity index (χ2v) is 8.50. The van der Waals surface area contributed by atoms with E-state index in [4.69, 9.17) is 0 Å². The molecule has 2 rings (SSSR count). The molecule has 0 fully saturated rings. The van der Waals surface area contributed by atoms with E-state index in [0.29, 0.717) is 18.7 Å². The Morgan fingerprint density at radius 2 is 1.57 bits per heavy atom. The molecule has 0 unspecified atom stereocenters. The summed E-state index contributed by atoms with van der Waals surface area (Å²) >= 11 is 0. The molecule has 0 saturated heterocycles. The van der Waals surface area contributed by atoms with Crippen molar-refractivity contribution in [2.75, 3.05) is 18.8 Å². The van der Waals surface area contributed by atoms with E-state index in [1.54, 1.807) is 29.2 Å². The molecule has 28 heavy (non-hydrogen) atoms. The van der Waals surface area contributed by atoms with E-state index < -0.39 is 9.84 Å². The summed E-state index contributed by atoms with van der Waals surface area (Å²) in [7, 11) is -3.79. The number of phenolic OH excluding ortho intramolecular Hbond substituents is 1. The molecule has 150 valence electrons. The van der Waals surface area contributed by atoms with E-state index in [0.717, 1.165) is 0 Å². The van der Waals surface area contributed by atoms with E-state index in [9.17, 15) is 23.1 Å². The van der Waals surface area contributed by atoms with Crippen molar-refractivity contribution in [3.05, 3.63) is 59.7 Å². The van der Waals surface area contributed by atoms with Gasteiger partial charge >= 0.3 is 0 Å². The predicted octanol–water partition coefficient (Wildman–Crippen LogP) is 2.85. The number of hydrogen-bond donors (Lipinski definition) is 1. The second kappa shape index (κ2) is 9.50. The van der Waals surface area contributed by atoms with Crippen molar-refractivity contribution >= 4 is 21.5 Å². The lowest BCUT2D eigenvalue weighted by Crippen LogP contribution is -2.31. The van der Waals surface area contributed by atoms with Crippen LogP contribution in [0, 0.1) is 0 Å². The quantitative estimate of drug-likeness (QED) is 0.695. The lowest BCUT2D eigenvalue weighted by Gasteiger charge is -2.20. The van der Waals surface area contributed by atoms with Gasteiger partial charge in [0.15, 0.2) is 9.84 Å². The number of carbonyl (C=O) groups is 2. The molecule has 0 radical (unpaired) electrons. The summed E-state index contributed by atoms with van der Waals surface area (Å²) in [6.07, 6.45) is -0.0488. The Morgan fingerprint density at radius 3 is 2.18 bits per heavy atom. The van der Waals surface area contributed by atoms with Crippen LogP contribution in [0.25, 0.3) is 0 Å². The van der Waals surface area contributed by atoms with Gasteiger partial charge in [0.05, 0.1) is 16.2 Å². The van der Waals surface area contributed by atoms with Crippen molar-refractivity contribution < 1.29 is 23.1 Å². The molecule has 0 heterocycles. The fraction of sp³-hybridized carbons (Fsp3) is 0.333. The smallest absolute Gasteiger partial charge is 0.255 e. The van der Waals surface area contributed by atoms with E-state index >= 15 is 0 Å². The number of amides is 1. The third kappa shape index (κ3) is 5.42. The van der Waals surface area contributed by atoms with Gasteiger partial charge in [-0.15, -0.1) is 0 Å². The average Bonchev–Trinajstić information content (AvgIpc) is 2.69. The Labute approximate surface area is 165 Å². The Bertz CT molecular complexity index is 932. The molecule has 0 bridgehead atoms. The maximum Gasteiger partial charge on any atom is 0.255 e. The second-order valence-electron chi connectivity index (χ2n) is 6.42. The number of aromatic hydroxyl groups is 1. The molecule has 0 aliphatic carbocycles. The number of phenols is 1. The van der Waals surface area contributed by atoms with Crippen LogP contribution in [0.1, 0.15) is 36.2 Å². The van der Waals surface area contributed by atoms with Gasteiger partial charge < -0.3 is 10.0 Å². The summed E-state index contributed by atoms with van der Waals surface area (Å²) in [5, 5.41) is 9.28. The van der Waals surface area contributed by atoms with Crippen LogP contribution < -0.4 is 0 Å². The molecular weight excluding hydrogens is 378 g/mol. The van der Waals surface area contributed by atoms with Crippen LogP contribution in [-0.2, 0) is 21.1 Å². The van der Waals surface area contributed by atoms with Crippen LogP contribution in [0.2, 0.25) is 0 Å². The van der Waals surface area contributed by atoms with E-state index in [1.807, 2.05) is 13.8 Å². The number of benzene rings is 2. The first-order chi connectivity index (χ1) is 13.3. The molecule has 0 saturated carbocycles. The highest BCUT2D eigenvalue weighted by atomic mass is 32.2. The molecular formula is C21H25NO5S. The van der Waals surface area contributed by atoms with Gasteiger partial charge in [-0.2, -0.15) is 0 Å². The molecule has 6 nitrogen and oxygen atoms in total. The molecule has 1 N–H and O–H groups in total. The lowest BCUT2D eigenvalue weighted by atomic mass is 10.1. The summed E-state index contributed by atoms with van der Waals surface area (Å²) in [4.78, 5) is 26.4. The number of rotatable bonds is 9. The van der Waals surface area contributed by atoms with Crippen LogP contribution >= 0.6 is 0 Å². The topological polar surface area (TPSA) is 91.8 Å². The third-order valence-electron chi connectivity index (χ3n) is 4.49. The van der Waals surface area contributed by atoms with Gasteiger partial charge in [-0.3, -0.25) is 9.59 Å². The Hall–Kier alpha value is -2.67. The molecule has 0 spiro atoms. The van der Waals surface area contributed by atoms with Gasteiger partial charge in [-0.25, -0.2) is 8.42 Å². The minimum atomic E-state index is -3.79. The number of ketones is 1. The van der Waals surface area contributed by atoms with Crippen molar-refractivity contribution in [3.8, 4) is 5.75 Å². The molecule has 1 amide bonds. The van der Waals surface area contributed by atoms with E-state index in [2.05, 4.69) is 0 Å². The summed E-state index contributed by atoms with van der Waals surface area (Å²) in [6, 6.07) is 12.3. The van der Waals surface area contributed by atoms with Crippen LogP contribution in [0.3, 0.4) is 0 Å². The first-order valence-electron chi connectivity index (χ1n) is 9.19. The summed E-state index contributed by atoms with van der Waals surface area (Å²) < 4.78 is 25.6. The highest BCUT2D eigenvalue weighted by Crippen LogP contribution is 2.20. The molecule has 0 aliphatic rings. The number of sulfone groups is 1. The summed E-state index contributed by atoms with van der Waals surface area (Å²) in [6.45, 7) is 4.63. The monoisotopic (exact) mass is 403 g/mol. The molecule has 7 heteroatoms. The highest BCUT2D eigenvalue weighted by Gasteiger charge is 2.25. The van der Waals surface area contributed by atoms with Gasteiger partial charge in [0.1, 0.15) is 11.5 Å². The van der Waals surface area contributed by atoms with Gasteiger partial charge in [-0.1, -0.05) is 24.3 Å². The maximum absolute atomic E-state index is 12.8. The Morgan fingerprint density at radius 1 is 0.964 bits per heavy atom. The Kier molecular flexibility index (Phi) is 7.34. The summed E-state index contributed by atoms with van der Waals surface area (Å²) in [5.41, 5.74) is 0.842. The van der Waals surface area contributed by atoms with E-state index in [-0.39, 0.29) is 46.5 Å². The zero-order valence-electron chi connectivity index (χ0n) is 16.1. The van der Waals surface area contributed by atoms with Gasteiger partial charge in [0.2, 0.25) is 0 Å². The van der Waals surface area contributed by atoms with Crippen LogP contribution in [0.5, 0.6) is 5.75 Å². The molecule has 0 aromatic heterocycles. The Balaban J connectivity index is 2.13. The lowest BCUT2D eigenvalue weighted by molar-refractivity contribution is -0.118. The van der Waals surface area contributed by atoms with Crippen molar-refractivity contribution in [1.82, 2.24) is 4.90 Å². The maximum atomic E-state index is 12.8. The third-order valence-corrected chi connectivity index (χ3v) is 6.26. The fourth-order valence-electron chi connectivity index (χ4n) is 2.88.